The van der Waals surface area contributed by atoms with E-state index in [9.17, 15) is 14.7 Å². The van der Waals surface area contributed by atoms with E-state index in [0.717, 1.165) is 10.9 Å². The molecule has 1 heterocycles. The Hall–Kier alpha value is -2.88. The summed E-state index contributed by atoms with van der Waals surface area (Å²) in [5, 5.41) is 10.5. The molecule has 0 saturated heterocycles. The maximum absolute atomic E-state index is 12.4. The van der Waals surface area contributed by atoms with Crippen molar-refractivity contribution in [3.63, 3.8) is 0 Å². The van der Waals surface area contributed by atoms with Crippen molar-refractivity contribution in [3.05, 3.63) is 71.9 Å². The Labute approximate surface area is 134 Å². The van der Waals surface area contributed by atoms with Gasteiger partial charge in [-0.15, -0.1) is 0 Å². The van der Waals surface area contributed by atoms with Crippen LogP contribution in [-0.4, -0.2) is 21.4 Å². The first-order chi connectivity index (χ1) is 11.1. The largest absolute Gasteiger partial charge is 0.481 e. The highest BCUT2D eigenvalue weighted by molar-refractivity contribution is 6.00. The van der Waals surface area contributed by atoms with Crippen molar-refractivity contribution in [2.75, 3.05) is 0 Å². The van der Waals surface area contributed by atoms with E-state index in [4.69, 9.17) is 0 Å². The molecule has 0 fully saturated rings. The lowest BCUT2D eigenvalue weighted by Gasteiger charge is -2.11. The quantitative estimate of drug-likeness (QED) is 0.732. The van der Waals surface area contributed by atoms with Crippen LogP contribution in [-0.2, 0) is 11.8 Å². The summed E-state index contributed by atoms with van der Waals surface area (Å²) in [6.45, 7) is 0. The van der Waals surface area contributed by atoms with E-state index in [1.165, 1.54) is 0 Å². The number of aromatic nitrogens is 1. The molecule has 4 heteroatoms. The van der Waals surface area contributed by atoms with Gasteiger partial charge in [-0.2, -0.15) is 0 Å². The molecular formula is C19H17NO3. The highest BCUT2D eigenvalue weighted by atomic mass is 16.4. The van der Waals surface area contributed by atoms with Gasteiger partial charge < -0.3 is 9.67 Å². The maximum atomic E-state index is 12.4. The Morgan fingerprint density at radius 3 is 2.39 bits per heavy atom. The minimum absolute atomic E-state index is 0.0483. The third kappa shape index (κ3) is 2.88. The van der Waals surface area contributed by atoms with Gasteiger partial charge in [-0.25, -0.2) is 0 Å². The summed E-state index contributed by atoms with van der Waals surface area (Å²) < 4.78 is 1.90. The number of nitrogens with zero attached hydrogens (tertiary/aromatic N) is 1. The second-order valence-corrected chi connectivity index (χ2v) is 5.60. The molecule has 0 radical (unpaired) electrons. The van der Waals surface area contributed by atoms with Gasteiger partial charge in [-0.3, -0.25) is 9.59 Å². The van der Waals surface area contributed by atoms with Gasteiger partial charge in [0.25, 0.3) is 0 Å². The Morgan fingerprint density at radius 1 is 1.04 bits per heavy atom. The lowest BCUT2D eigenvalue weighted by atomic mass is 9.91. The van der Waals surface area contributed by atoms with Gasteiger partial charge in [0, 0.05) is 36.1 Å². The zero-order valence-electron chi connectivity index (χ0n) is 12.8. The zero-order chi connectivity index (χ0) is 16.4. The minimum Gasteiger partial charge on any atom is -0.481 e. The number of carboxylic acids is 1. The number of benzene rings is 2. The van der Waals surface area contributed by atoms with Crippen LogP contribution in [0.1, 0.15) is 28.3 Å². The van der Waals surface area contributed by atoms with Crippen molar-refractivity contribution in [3.8, 4) is 0 Å². The van der Waals surface area contributed by atoms with E-state index < -0.39 is 11.9 Å². The normalized spacial score (nSPS) is 12.2. The molecule has 116 valence electrons. The fourth-order valence-corrected chi connectivity index (χ4v) is 2.91. The van der Waals surface area contributed by atoms with Crippen LogP contribution in [0.3, 0.4) is 0 Å². The summed E-state index contributed by atoms with van der Waals surface area (Å²) in [5.41, 5.74) is 2.18. The van der Waals surface area contributed by atoms with Crippen LogP contribution in [0.15, 0.2) is 60.8 Å². The molecule has 0 spiro atoms. The zero-order valence-corrected chi connectivity index (χ0v) is 12.8. The van der Waals surface area contributed by atoms with E-state index >= 15 is 0 Å². The Morgan fingerprint density at radius 2 is 1.70 bits per heavy atom. The van der Waals surface area contributed by atoms with Gasteiger partial charge in [0.15, 0.2) is 5.78 Å². The molecule has 0 aliphatic heterocycles. The lowest BCUT2D eigenvalue weighted by molar-refractivity contribution is -0.138. The van der Waals surface area contributed by atoms with Crippen LogP contribution in [0.2, 0.25) is 0 Å². The summed E-state index contributed by atoms with van der Waals surface area (Å²) in [5.74, 6) is -2.00. The molecule has 23 heavy (non-hydrogen) atoms. The predicted molar refractivity (Wildman–Crippen MR) is 88.7 cm³/mol. The number of aryl methyl sites for hydroxylation is 1. The molecule has 0 aliphatic carbocycles. The fraction of sp³-hybridized carbons (Fsp3) is 0.158. The number of para-hydroxylation sites is 1. The monoisotopic (exact) mass is 307 g/mol. The molecule has 1 atom stereocenters. The first-order valence-electron chi connectivity index (χ1n) is 7.43. The molecule has 0 aliphatic rings. The van der Waals surface area contributed by atoms with E-state index in [1.807, 2.05) is 48.1 Å². The van der Waals surface area contributed by atoms with Gasteiger partial charge in [0.05, 0.1) is 5.92 Å². The van der Waals surface area contributed by atoms with Gasteiger partial charge >= 0.3 is 5.97 Å². The van der Waals surface area contributed by atoms with Crippen LogP contribution in [0.5, 0.6) is 0 Å². The summed E-state index contributed by atoms with van der Waals surface area (Å²) >= 11 is 0. The molecule has 0 bridgehead atoms. The van der Waals surface area contributed by atoms with Crippen LogP contribution in [0.4, 0.5) is 0 Å². The summed E-state index contributed by atoms with van der Waals surface area (Å²) in [4.78, 5) is 24.2. The predicted octanol–water partition coefficient (Wildman–Crippen LogP) is 3.62. The van der Waals surface area contributed by atoms with Crippen LogP contribution >= 0.6 is 0 Å². The van der Waals surface area contributed by atoms with Crippen molar-refractivity contribution < 1.29 is 14.7 Å². The highest BCUT2D eigenvalue weighted by Crippen LogP contribution is 2.30. The van der Waals surface area contributed by atoms with Gasteiger partial charge in [0.2, 0.25) is 0 Å². The van der Waals surface area contributed by atoms with Crippen molar-refractivity contribution in [2.24, 2.45) is 7.05 Å². The van der Waals surface area contributed by atoms with Crippen molar-refractivity contribution in [1.82, 2.24) is 4.57 Å². The summed E-state index contributed by atoms with van der Waals surface area (Å²) in [6, 6.07) is 16.4. The molecule has 1 aromatic heterocycles. The number of Topliss-reactive ketones (excluding diaryl/α,β-unsaturated/α-hetero) is 1. The summed E-state index contributed by atoms with van der Waals surface area (Å²) in [6.07, 6.45) is 1.76. The van der Waals surface area contributed by atoms with E-state index in [1.54, 1.807) is 24.3 Å². The standard InChI is InChI=1S/C19H17NO3/c1-20-12-16(14-9-5-6-10-17(14)20)15(19(22)23)11-18(21)13-7-3-2-4-8-13/h2-10,12,15H,11H2,1H3,(H,22,23). The molecule has 3 rings (SSSR count). The van der Waals surface area contributed by atoms with Gasteiger partial charge in [-0.05, 0) is 11.6 Å². The fourth-order valence-electron chi connectivity index (χ4n) is 2.91. The number of rotatable bonds is 5. The minimum atomic E-state index is -0.981. The van der Waals surface area contributed by atoms with Crippen LogP contribution in [0, 0.1) is 0 Å². The number of hydrogen-bond donors (Lipinski definition) is 1. The number of hydrogen-bond acceptors (Lipinski definition) is 2. The van der Waals surface area contributed by atoms with Crippen molar-refractivity contribution >= 4 is 22.7 Å². The van der Waals surface area contributed by atoms with Crippen LogP contribution < -0.4 is 0 Å². The average molecular weight is 307 g/mol. The smallest absolute Gasteiger partial charge is 0.311 e. The number of carbonyl (C=O) groups excluding carboxylic acids is 1. The number of fused-ring (bicyclic) bond motifs is 1. The summed E-state index contributed by atoms with van der Waals surface area (Å²) in [7, 11) is 1.88. The van der Waals surface area contributed by atoms with Crippen LogP contribution in [0.25, 0.3) is 10.9 Å². The van der Waals surface area contributed by atoms with Gasteiger partial charge in [0.1, 0.15) is 0 Å². The third-order valence-electron chi connectivity index (χ3n) is 4.09. The molecule has 2 aromatic carbocycles. The SMILES string of the molecule is Cn1cc(C(CC(=O)c2ccccc2)C(=O)O)c2ccccc21. The van der Waals surface area contributed by atoms with Gasteiger partial charge in [-0.1, -0.05) is 48.5 Å². The highest BCUT2D eigenvalue weighted by Gasteiger charge is 2.26. The van der Waals surface area contributed by atoms with E-state index in [0.29, 0.717) is 11.1 Å². The Kier molecular flexibility index (Phi) is 3.98. The second-order valence-electron chi connectivity index (χ2n) is 5.60. The molecule has 3 aromatic rings. The van der Waals surface area contributed by atoms with Crippen molar-refractivity contribution in [2.45, 2.75) is 12.3 Å². The maximum Gasteiger partial charge on any atom is 0.311 e. The third-order valence-corrected chi connectivity index (χ3v) is 4.09. The van der Waals surface area contributed by atoms with E-state index in [2.05, 4.69) is 0 Å². The molecule has 1 N–H and O–H groups in total. The molecule has 0 saturated carbocycles. The average Bonchev–Trinajstić information content (AvgIpc) is 2.90. The first-order valence-corrected chi connectivity index (χ1v) is 7.43. The number of carbonyl (C=O) groups is 2. The first kappa shape index (κ1) is 15.0. The van der Waals surface area contributed by atoms with E-state index in [-0.39, 0.29) is 12.2 Å². The number of aliphatic carboxylic acids is 1. The molecule has 4 nitrogen and oxygen atoms in total. The topological polar surface area (TPSA) is 59.3 Å². The molecule has 1 unspecified atom stereocenters. The number of carboxylic acid groups (broad SMARTS) is 1. The lowest BCUT2D eigenvalue weighted by Crippen LogP contribution is -2.16. The molecule has 0 amide bonds. The van der Waals surface area contributed by atoms with Crippen molar-refractivity contribution in [1.29, 1.82) is 0 Å². The second kappa shape index (κ2) is 6.08. The molecular weight excluding hydrogens is 290 g/mol. The Bertz CT molecular complexity index is 865. The number of ketones is 1. The Balaban J connectivity index is 1.99.